The molecule has 18 heavy (non-hydrogen) atoms. The second kappa shape index (κ2) is 4.25. The van der Waals surface area contributed by atoms with Crippen molar-refractivity contribution in [3.8, 4) is 5.75 Å². The van der Waals surface area contributed by atoms with Crippen molar-refractivity contribution in [1.82, 2.24) is 4.98 Å². The average molecular weight is 245 g/mol. The molecular formula is C15H19NO2. The lowest BCUT2D eigenvalue weighted by Crippen LogP contribution is -2.02. The van der Waals surface area contributed by atoms with Crippen molar-refractivity contribution in [2.24, 2.45) is 0 Å². The van der Waals surface area contributed by atoms with Gasteiger partial charge in [0.15, 0.2) is 0 Å². The Bertz CT molecular complexity index is 630. The fourth-order valence-corrected chi connectivity index (χ4v) is 2.54. The van der Waals surface area contributed by atoms with Crippen molar-refractivity contribution in [3.63, 3.8) is 0 Å². The number of hydrogen-bond donors (Lipinski definition) is 2. The molecule has 1 unspecified atom stereocenters. The smallest absolute Gasteiger partial charge is 0.147 e. The third-order valence-corrected chi connectivity index (χ3v) is 3.83. The second-order valence-electron chi connectivity index (χ2n) is 4.98. The molecule has 0 fully saturated rings. The Morgan fingerprint density at radius 1 is 1.06 bits per heavy atom. The molecule has 0 aliphatic heterocycles. The summed E-state index contributed by atoms with van der Waals surface area (Å²) >= 11 is 0. The van der Waals surface area contributed by atoms with Gasteiger partial charge in [0.1, 0.15) is 11.3 Å². The summed E-state index contributed by atoms with van der Waals surface area (Å²) in [5.41, 5.74) is 5.41. The zero-order valence-corrected chi connectivity index (χ0v) is 11.5. The van der Waals surface area contributed by atoms with Gasteiger partial charge in [0.05, 0.1) is 6.10 Å². The summed E-state index contributed by atoms with van der Waals surface area (Å²) in [4.78, 5) is 4.32. The van der Waals surface area contributed by atoms with Crippen LogP contribution < -0.4 is 0 Å². The van der Waals surface area contributed by atoms with E-state index in [0.717, 1.165) is 27.6 Å². The van der Waals surface area contributed by atoms with Gasteiger partial charge < -0.3 is 10.2 Å². The summed E-state index contributed by atoms with van der Waals surface area (Å²) in [5, 5.41) is 21.1. The Hall–Kier alpha value is -1.61. The van der Waals surface area contributed by atoms with Crippen LogP contribution in [0.15, 0.2) is 6.20 Å². The fourth-order valence-electron chi connectivity index (χ4n) is 2.54. The zero-order chi connectivity index (χ0) is 13.6. The quantitative estimate of drug-likeness (QED) is 0.811. The summed E-state index contributed by atoms with van der Waals surface area (Å²) in [6, 6.07) is 0. The molecule has 0 saturated heterocycles. The number of rotatable bonds is 1. The van der Waals surface area contributed by atoms with Gasteiger partial charge in [0.2, 0.25) is 0 Å². The van der Waals surface area contributed by atoms with E-state index >= 15 is 0 Å². The number of aromatic hydroxyl groups is 1. The SMILES string of the molecule is Cc1cnc2c(O)c(C(C)O)c(C)c(C)c2c1C. The number of phenolic OH excluding ortho intramolecular Hbond substituents is 1. The number of aryl methyl sites for hydroxylation is 3. The van der Waals surface area contributed by atoms with E-state index in [9.17, 15) is 10.2 Å². The largest absolute Gasteiger partial charge is 0.505 e. The first kappa shape index (κ1) is 12.8. The molecule has 1 heterocycles. The van der Waals surface area contributed by atoms with E-state index in [1.54, 1.807) is 13.1 Å². The molecule has 0 aliphatic carbocycles. The maximum Gasteiger partial charge on any atom is 0.147 e. The number of phenols is 1. The Balaban J connectivity index is 3.03. The summed E-state index contributed by atoms with van der Waals surface area (Å²) in [7, 11) is 0. The summed E-state index contributed by atoms with van der Waals surface area (Å²) in [6.45, 7) is 9.65. The first-order valence-corrected chi connectivity index (χ1v) is 6.12. The van der Waals surface area contributed by atoms with Crippen LogP contribution in [-0.4, -0.2) is 15.2 Å². The van der Waals surface area contributed by atoms with Crippen molar-refractivity contribution in [2.75, 3.05) is 0 Å². The number of pyridine rings is 1. The van der Waals surface area contributed by atoms with Gasteiger partial charge in [-0.05, 0) is 56.9 Å². The number of aliphatic hydroxyl groups excluding tert-OH is 1. The molecule has 0 amide bonds. The topological polar surface area (TPSA) is 53.4 Å². The Labute approximate surface area is 107 Å². The van der Waals surface area contributed by atoms with Gasteiger partial charge in [0.25, 0.3) is 0 Å². The van der Waals surface area contributed by atoms with Gasteiger partial charge in [-0.3, -0.25) is 4.98 Å². The van der Waals surface area contributed by atoms with E-state index in [4.69, 9.17) is 0 Å². The predicted molar refractivity (Wildman–Crippen MR) is 73.0 cm³/mol. The molecule has 0 radical (unpaired) electrons. The Morgan fingerprint density at radius 3 is 2.22 bits per heavy atom. The number of fused-ring (bicyclic) bond motifs is 1. The standard InChI is InChI=1S/C15H19NO2/c1-7-6-16-14-12(8(7)2)9(3)10(4)13(11(5)17)15(14)18/h6,11,17-18H,1-5H3. The predicted octanol–water partition coefficient (Wildman–Crippen LogP) is 3.23. The number of nitrogens with zero attached hydrogens (tertiary/aromatic N) is 1. The van der Waals surface area contributed by atoms with Gasteiger partial charge in [-0.15, -0.1) is 0 Å². The molecule has 0 spiro atoms. The molecule has 1 aromatic heterocycles. The normalized spacial score (nSPS) is 13.0. The third-order valence-electron chi connectivity index (χ3n) is 3.83. The highest BCUT2D eigenvalue weighted by Gasteiger charge is 2.19. The first-order chi connectivity index (χ1) is 8.36. The van der Waals surface area contributed by atoms with E-state index in [1.807, 2.05) is 27.7 Å². The molecule has 2 aromatic rings. The van der Waals surface area contributed by atoms with Gasteiger partial charge in [0, 0.05) is 17.1 Å². The van der Waals surface area contributed by atoms with Crippen LogP contribution in [-0.2, 0) is 0 Å². The molecule has 3 heteroatoms. The lowest BCUT2D eigenvalue weighted by Gasteiger charge is -2.18. The number of benzene rings is 1. The van der Waals surface area contributed by atoms with Gasteiger partial charge >= 0.3 is 0 Å². The van der Waals surface area contributed by atoms with Crippen LogP contribution in [0, 0.1) is 27.7 Å². The van der Waals surface area contributed by atoms with Crippen LogP contribution in [0.3, 0.4) is 0 Å². The highest BCUT2D eigenvalue weighted by atomic mass is 16.3. The lowest BCUT2D eigenvalue weighted by molar-refractivity contribution is 0.194. The van der Waals surface area contributed by atoms with Crippen LogP contribution in [0.4, 0.5) is 0 Å². The monoisotopic (exact) mass is 245 g/mol. The van der Waals surface area contributed by atoms with Gasteiger partial charge in [-0.2, -0.15) is 0 Å². The van der Waals surface area contributed by atoms with Crippen LogP contribution in [0.1, 0.15) is 40.8 Å². The minimum atomic E-state index is -0.698. The summed E-state index contributed by atoms with van der Waals surface area (Å²) < 4.78 is 0. The van der Waals surface area contributed by atoms with E-state index in [1.165, 1.54) is 0 Å². The maximum absolute atomic E-state index is 10.3. The number of aromatic nitrogens is 1. The molecular weight excluding hydrogens is 226 g/mol. The van der Waals surface area contributed by atoms with Crippen LogP contribution in [0.2, 0.25) is 0 Å². The molecule has 1 aromatic carbocycles. The highest BCUT2D eigenvalue weighted by Crippen LogP contribution is 2.38. The van der Waals surface area contributed by atoms with Crippen molar-refractivity contribution in [1.29, 1.82) is 0 Å². The van der Waals surface area contributed by atoms with E-state index in [2.05, 4.69) is 4.98 Å². The Morgan fingerprint density at radius 2 is 1.67 bits per heavy atom. The minimum Gasteiger partial charge on any atom is -0.505 e. The van der Waals surface area contributed by atoms with E-state index in [0.29, 0.717) is 11.1 Å². The van der Waals surface area contributed by atoms with E-state index in [-0.39, 0.29) is 5.75 Å². The number of hydrogen-bond acceptors (Lipinski definition) is 3. The van der Waals surface area contributed by atoms with Crippen LogP contribution in [0.5, 0.6) is 5.75 Å². The molecule has 2 N–H and O–H groups in total. The van der Waals surface area contributed by atoms with Crippen LogP contribution in [0.25, 0.3) is 10.9 Å². The highest BCUT2D eigenvalue weighted by molar-refractivity contribution is 5.93. The fraction of sp³-hybridized carbons (Fsp3) is 0.400. The Kier molecular flexibility index (Phi) is 3.03. The molecule has 0 saturated carbocycles. The van der Waals surface area contributed by atoms with Gasteiger partial charge in [-0.1, -0.05) is 0 Å². The average Bonchev–Trinajstić information content (AvgIpc) is 2.29. The number of aliphatic hydroxyl groups is 1. The molecule has 1 atom stereocenters. The molecule has 2 rings (SSSR count). The molecule has 96 valence electrons. The molecule has 0 aliphatic rings. The molecule has 0 bridgehead atoms. The summed E-state index contributed by atoms with van der Waals surface area (Å²) in [5.74, 6) is 0.103. The first-order valence-electron chi connectivity index (χ1n) is 6.12. The van der Waals surface area contributed by atoms with Crippen molar-refractivity contribution >= 4 is 10.9 Å². The lowest BCUT2D eigenvalue weighted by atomic mass is 9.91. The minimum absolute atomic E-state index is 0.103. The van der Waals surface area contributed by atoms with Crippen molar-refractivity contribution < 1.29 is 10.2 Å². The maximum atomic E-state index is 10.3. The van der Waals surface area contributed by atoms with Gasteiger partial charge in [-0.25, -0.2) is 0 Å². The third kappa shape index (κ3) is 1.66. The zero-order valence-electron chi connectivity index (χ0n) is 11.5. The molecule has 3 nitrogen and oxygen atoms in total. The van der Waals surface area contributed by atoms with Crippen LogP contribution >= 0.6 is 0 Å². The summed E-state index contributed by atoms with van der Waals surface area (Å²) in [6.07, 6.45) is 1.06. The van der Waals surface area contributed by atoms with Crippen molar-refractivity contribution in [2.45, 2.75) is 40.7 Å². The van der Waals surface area contributed by atoms with E-state index < -0.39 is 6.10 Å². The second-order valence-corrected chi connectivity index (χ2v) is 4.98. The van der Waals surface area contributed by atoms with Crippen molar-refractivity contribution in [3.05, 3.63) is 34.0 Å².